The largest absolute Gasteiger partial charge is 0.449 e. The first-order valence-corrected chi connectivity index (χ1v) is 11.4. The molecule has 0 unspecified atom stereocenters. The van der Waals surface area contributed by atoms with Gasteiger partial charge in [0.15, 0.2) is 6.10 Å². The fourth-order valence-corrected chi connectivity index (χ4v) is 4.13. The number of rotatable bonds is 5. The van der Waals surface area contributed by atoms with Gasteiger partial charge in [0, 0.05) is 15.4 Å². The van der Waals surface area contributed by atoms with Crippen LogP contribution in [0.2, 0.25) is 0 Å². The third-order valence-electron chi connectivity index (χ3n) is 5.51. The van der Waals surface area contributed by atoms with E-state index in [0.29, 0.717) is 5.56 Å². The highest BCUT2D eigenvalue weighted by atomic mass is 79.9. The number of para-hydroxylation sites is 1. The topological polar surface area (TPSA) is 39.2 Å². The molecule has 4 aromatic carbocycles. The minimum Gasteiger partial charge on any atom is -0.449 e. The highest BCUT2D eigenvalue weighted by molar-refractivity contribution is 9.10. The molecule has 1 aromatic heterocycles. The van der Waals surface area contributed by atoms with Gasteiger partial charge in [-0.2, -0.15) is 0 Å². The van der Waals surface area contributed by atoms with E-state index in [2.05, 4.69) is 15.9 Å². The lowest BCUT2D eigenvalue weighted by Gasteiger charge is -2.20. The Morgan fingerprint density at radius 3 is 1.94 bits per heavy atom. The van der Waals surface area contributed by atoms with E-state index in [1.165, 1.54) is 0 Å². The number of hydrogen-bond acceptors (Lipinski definition) is 3. The molecule has 3 nitrogen and oxygen atoms in total. The number of fused-ring (bicyclic) bond motifs is 1. The summed E-state index contributed by atoms with van der Waals surface area (Å²) in [5, 5.41) is 0.767. The molecule has 5 rings (SSSR count). The van der Waals surface area contributed by atoms with Crippen LogP contribution >= 0.6 is 15.9 Å². The van der Waals surface area contributed by atoms with Crippen LogP contribution in [0.5, 0.6) is 0 Å². The Labute approximate surface area is 200 Å². The molecular formula is C29H20BrNO2. The molecule has 0 saturated carbocycles. The molecular weight excluding hydrogens is 474 g/mol. The number of carbonyl (C=O) groups excluding carboxylic acids is 1. The summed E-state index contributed by atoms with van der Waals surface area (Å²) >= 11 is 3.47. The Balaban J connectivity index is 1.59. The molecule has 0 bridgehead atoms. The summed E-state index contributed by atoms with van der Waals surface area (Å²) < 4.78 is 7.14. The Bertz CT molecular complexity index is 1360. The summed E-state index contributed by atoms with van der Waals surface area (Å²) in [4.78, 5) is 18.4. The zero-order valence-corrected chi connectivity index (χ0v) is 19.3. The van der Waals surface area contributed by atoms with Crippen molar-refractivity contribution in [3.8, 4) is 11.3 Å². The molecule has 0 aliphatic heterocycles. The molecule has 0 spiro atoms. The number of aromatic nitrogens is 1. The Hall–Kier alpha value is -3.76. The Morgan fingerprint density at radius 1 is 0.727 bits per heavy atom. The van der Waals surface area contributed by atoms with Gasteiger partial charge >= 0.3 is 5.97 Å². The predicted molar refractivity (Wildman–Crippen MR) is 135 cm³/mol. The van der Waals surface area contributed by atoms with Crippen LogP contribution in [0.3, 0.4) is 0 Å². The van der Waals surface area contributed by atoms with Gasteiger partial charge in [-0.1, -0.05) is 107 Å². The second kappa shape index (κ2) is 9.39. The summed E-state index contributed by atoms with van der Waals surface area (Å²) in [5.41, 5.74) is 4.74. The number of carbonyl (C=O) groups is 1. The highest BCUT2D eigenvalue weighted by Crippen LogP contribution is 2.30. The van der Waals surface area contributed by atoms with Crippen LogP contribution in [-0.4, -0.2) is 11.0 Å². The maximum atomic E-state index is 13.6. The molecule has 0 atom stereocenters. The van der Waals surface area contributed by atoms with E-state index in [1.807, 2.05) is 115 Å². The van der Waals surface area contributed by atoms with E-state index in [4.69, 9.17) is 9.72 Å². The summed E-state index contributed by atoms with van der Waals surface area (Å²) in [6.07, 6.45) is -0.511. The molecule has 0 aliphatic rings. The van der Waals surface area contributed by atoms with Gasteiger partial charge in [-0.25, -0.2) is 9.78 Å². The van der Waals surface area contributed by atoms with Crippen molar-refractivity contribution in [2.45, 2.75) is 6.10 Å². The normalized spacial score (nSPS) is 11.0. The fourth-order valence-electron chi connectivity index (χ4n) is 3.87. The Morgan fingerprint density at radius 2 is 1.30 bits per heavy atom. The number of halogens is 1. The van der Waals surface area contributed by atoms with Crippen molar-refractivity contribution in [2.75, 3.05) is 0 Å². The van der Waals surface area contributed by atoms with Gasteiger partial charge in [-0.15, -0.1) is 0 Å². The van der Waals surface area contributed by atoms with Crippen molar-refractivity contribution < 1.29 is 9.53 Å². The van der Waals surface area contributed by atoms with E-state index in [-0.39, 0.29) is 5.97 Å². The number of esters is 1. The van der Waals surface area contributed by atoms with Crippen molar-refractivity contribution in [2.24, 2.45) is 0 Å². The third-order valence-corrected chi connectivity index (χ3v) is 6.03. The monoisotopic (exact) mass is 493 g/mol. The minimum absolute atomic E-state index is 0.385. The second-order valence-electron chi connectivity index (χ2n) is 7.69. The van der Waals surface area contributed by atoms with Crippen molar-refractivity contribution in [1.82, 2.24) is 4.98 Å². The number of nitrogens with zero attached hydrogens (tertiary/aromatic N) is 1. The smallest absolute Gasteiger partial charge is 0.339 e. The summed E-state index contributed by atoms with van der Waals surface area (Å²) in [6, 6.07) is 37.0. The number of ether oxygens (including phenoxy) is 1. The molecule has 0 fully saturated rings. The van der Waals surface area contributed by atoms with E-state index in [1.54, 1.807) is 0 Å². The average Bonchev–Trinajstić information content (AvgIpc) is 2.88. The molecule has 0 radical (unpaired) electrons. The zero-order valence-electron chi connectivity index (χ0n) is 17.7. The van der Waals surface area contributed by atoms with Crippen LogP contribution < -0.4 is 0 Å². The van der Waals surface area contributed by atoms with Crippen LogP contribution in [0.4, 0.5) is 0 Å². The number of benzene rings is 4. The average molecular weight is 494 g/mol. The maximum Gasteiger partial charge on any atom is 0.339 e. The first-order valence-electron chi connectivity index (χ1n) is 10.7. The highest BCUT2D eigenvalue weighted by Gasteiger charge is 2.22. The molecule has 0 N–H and O–H groups in total. The van der Waals surface area contributed by atoms with Gasteiger partial charge in [-0.05, 0) is 35.4 Å². The maximum absolute atomic E-state index is 13.6. The molecule has 5 aromatic rings. The Kier molecular flexibility index (Phi) is 6.01. The molecule has 0 aliphatic carbocycles. The third kappa shape index (κ3) is 4.57. The summed E-state index contributed by atoms with van der Waals surface area (Å²) in [7, 11) is 0. The van der Waals surface area contributed by atoms with Crippen LogP contribution in [0, 0.1) is 0 Å². The summed E-state index contributed by atoms with van der Waals surface area (Å²) in [6.45, 7) is 0. The van der Waals surface area contributed by atoms with Crippen molar-refractivity contribution >= 4 is 32.8 Å². The second-order valence-corrected chi connectivity index (χ2v) is 8.60. The molecule has 4 heteroatoms. The van der Waals surface area contributed by atoms with Crippen LogP contribution in [0.25, 0.3) is 22.2 Å². The first-order chi connectivity index (χ1) is 16.2. The quantitative estimate of drug-likeness (QED) is 0.236. The first kappa shape index (κ1) is 21.1. The molecule has 1 heterocycles. The standard InChI is InChI=1S/C29H20BrNO2/c30-23-17-15-20(16-18-23)27-19-25(24-13-7-8-14-26(24)31-27)29(32)33-28(21-9-3-1-4-10-21)22-11-5-2-6-12-22/h1-19,28H. The van der Waals surface area contributed by atoms with Gasteiger partial charge in [0.25, 0.3) is 0 Å². The fraction of sp³-hybridized carbons (Fsp3) is 0.0345. The van der Waals surface area contributed by atoms with Crippen LogP contribution in [-0.2, 0) is 4.74 Å². The number of hydrogen-bond donors (Lipinski definition) is 0. The van der Waals surface area contributed by atoms with Gasteiger partial charge in [-0.3, -0.25) is 0 Å². The van der Waals surface area contributed by atoms with Crippen molar-refractivity contribution in [3.63, 3.8) is 0 Å². The lowest BCUT2D eigenvalue weighted by atomic mass is 10.0. The molecule has 0 amide bonds. The summed E-state index contributed by atoms with van der Waals surface area (Å²) in [5.74, 6) is -0.385. The van der Waals surface area contributed by atoms with Gasteiger partial charge < -0.3 is 4.74 Å². The van der Waals surface area contributed by atoms with Gasteiger partial charge in [0.2, 0.25) is 0 Å². The number of pyridine rings is 1. The van der Waals surface area contributed by atoms with E-state index >= 15 is 0 Å². The van der Waals surface area contributed by atoms with E-state index in [0.717, 1.165) is 37.8 Å². The van der Waals surface area contributed by atoms with E-state index in [9.17, 15) is 4.79 Å². The van der Waals surface area contributed by atoms with Crippen molar-refractivity contribution in [1.29, 1.82) is 0 Å². The predicted octanol–water partition coefficient (Wildman–Crippen LogP) is 7.61. The van der Waals surface area contributed by atoms with Crippen molar-refractivity contribution in [3.05, 3.63) is 136 Å². The molecule has 160 valence electrons. The van der Waals surface area contributed by atoms with Gasteiger partial charge in [0.05, 0.1) is 16.8 Å². The minimum atomic E-state index is -0.511. The van der Waals surface area contributed by atoms with Crippen LogP contribution in [0.15, 0.2) is 120 Å². The molecule has 33 heavy (non-hydrogen) atoms. The van der Waals surface area contributed by atoms with Crippen LogP contribution in [0.1, 0.15) is 27.6 Å². The molecule has 0 saturated heterocycles. The lowest BCUT2D eigenvalue weighted by Crippen LogP contribution is -2.14. The zero-order chi connectivity index (χ0) is 22.6. The van der Waals surface area contributed by atoms with E-state index < -0.39 is 6.10 Å². The SMILES string of the molecule is O=C(OC(c1ccccc1)c1ccccc1)c1cc(-c2ccc(Br)cc2)nc2ccccc12. The van der Waals surface area contributed by atoms with Gasteiger partial charge in [0.1, 0.15) is 0 Å². The lowest BCUT2D eigenvalue weighted by molar-refractivity contribution is 0.0380.